The lowest BCUT2D eigenvalue weighted by Gasteiger charge is -2.13. The first-order valence-electron chi connectivity index (χ1n) is 7.05. The van der Waals surface area contributed by atoms with E-state index in [-0.39, 0.29) is 6.61 Å². The van der Waals surface area contributed by atoms with Gasteiger partial charge >= 0.3 is 0 Å². The van der Waals surface area contributed by atoms with Crippen LogP contribution in [0.1, 0.15) is 51.5 Å². The zero-order valence-corrected chi connectivity index (χ0v) is 11.9. The van der Waals surface area contributed by atoms with Gasteiger partial charge in [0, 0.05) is 26.4 Å². The number of aliphatic hydroxyl groups excluding tert-OH is 1. The second kappa shape index (κ2) is 9.89. The predicted molar refractivity (Wildman–Crippen MR) is 71.6 cm³/mol. The Morgan fingerprint density at radius 2 is 1.84 bits per heavy atom. The Morgan fingerprint density at radius 3 is 2.47 bits per heavy atom. The van der Waals surface area contributed by atoms with Crippen LogP contribution in [0.5, 0.6) is 0 Å². The number of hydrogen-bond acceptors (Lipinski definition) is 5. The third kappa shape index (κ3) is 6.13. The minimum absolute atomic E-state index is 0.276. The maximum Gasteiger partial charge on any atom is 0.204 e. The fraction of sp³-hybridized carbons (Fsp3) is 0.846. The van der Waals surface area contributed by atoms with Gasteiger partial charge in [0.05, 0.1) is 6.20 Å². The summed E-state index contributed by atoms with van der Waals surface area (Å²) in [6.07, 6.45) is 5.52. The number of aliphatic hydroxyl groups is 1. The van der Waals surface area contributed by atoms with Crippen molar-refractivity contribution in [2.24, 2.45) is 0 Å². The highest BCUT2D eigenvalue weighted by Gasteiger charge is 2.15. The Hall–Kier alpha value is -0.980. The van der Waals surface area contributed by atoms with Crippen molar-refractivity contribution in [3.8, 4) is 0 Å². The first kappa shape index (κ1) is 16.1. The van der Waals surface area contributed by atoms with Crippen LogP contribution in [-0.2, 0) is 16.0 Å². The number of ether oxygens (including phenoxy) is 2. The molecule has 0 unspecified atom stereocenters. The molecule has 1 N–H and O–H groups in total. The van der Waals surface area contributed by atoms with Crippen LogP contribution in [0.3, 0.4) is 0 Å². The van der Waals surface area contributed by atoms with Crippen molar-refractivity contribution >= 4 is 0 Å². The van der Waals surface area contributed by atoms with Gasteiger partial charge in [-0.25, -0.2) is 0 Å². The molecule has 6 heteroatoms. The largest absolute Gasteiger partial charge is 0.396 e. The summed E-state index contributed by atoms with van der Waals surface area (Å²) in [6, 6.07) is 0. The average Bonchev–Trinajstić information content (AvgIpc) is 2.87. The van der Waals surface area contributed by atoms with E-state index >= 15 is 0 Å². The van der Waals surface area contributed by atoms with Crippen LogP contribution in [0.4, 0.5) is 0 Å². The van der Waals surface area contributed by atoms with E-state index in [4.69, 9.17) is 14.6 Å². The van der Waals surface area contributed by atoms with Crippen LogP contribution < -0.4 is 0 Å². The molecule has 1 aromatic rings. The number of aryl methyl sites for hydroxylation is 1. The smallest absolute Gasteiger partial charge is 0.204 e. The topological polar surface area (TPSA) is 69.4 Å². The van der Waals surface area contributed by atoms with Crippen LogP contribution in [0.2, 0.25) is 0 Å². The second-order valence-corrected chi connectivity index (χ2v) is 4.29. The molecule has 0 bridgehead atoms. The molecule has 0 aliphatic carbocycles. The minimum atomic E-state index is -0.418. The molecular weight excluding hydrogens is 246 g/mol. The number of unbranched alkanes of at least 4 members (excludes halogenated alkanes) is 3. The van der Waals surface area contributed by atoms with Crippen LogP contribution in [0.15, 0.2) is 6.20 Å². The average molecular weight is 271 g/mol. The summed E-state index contributed by atoms with van der Waals surface area (Å²) in [4.78, 5) is 0. The normalized spacial score (nSPS) is 11.4. The van der Waals surface area contributed by atoms with Gasteiger partial charge in [0.25, 0.3) is 0 Å². The summed E-state index contributed by atoms with van der Waals surface area (Å²) in [5.74, 6) is 0. The molecule has 1 rings (SSSR count). The molecule has 0 aliphatic heterocycles. The van der Waals surface area contributed by atoms with Gasteiger partial charge in [-0.05, 0) is 26.7 Å². The maximum atomic E-state index is 8.69. The molecule has 1 heterocycles. The molecule has 0 radical (unpaired) electrons. The van der Waals surface area contributed by atoms with Crippen LogP contribution in [0, 0.1) is 0 Å². The summed E-state index contributed by atoms with van der Waals surface area (Å²) >= 11 is 0. The van der Waals surface area contributed by atoms with Gasteiger partial charge in [-0.2, -0.15) is 0 Å². The van der Waals surface area contributed by atoms with E-state index in [1.54, 1.807) is 0 Å². The summed E-state index contributed by atoms with van der Waals surface area (Å²) in [7, 11) is 0. The van der Waals surface area contributed by atoms with E-state index in [0.29, 0.717) is 13.2 Å². The standard InChI is InChI=1S/C13H25N3O3/c1-3-18-13(19-4-2)12-11-16(15-14-12)9-7-5-6-8-10-17/h11,13,17H,3-10H2,1-2H3. The van der Waals surface area contributed by atoms with E-state index in [1.165, 1.54) is 0 Å². The van der Waals surface area contributed by atoms with Crippen molar-refractivity contribution in [2.75, 3.05) is 19.8 Å². The van der Waals surface area contributed by atoms with Gasteiger partial charge in [0.1, 0.15) is 5.69 Å². The van der Waals surface area contributed by atoms with Gasteiger partial charge < -0.3 is 14.6 Å². The van der Waals surface area contributed by atoms with E-state index < -0.39 is 6.29 Å². The van der Waals surface area contributed by atoms with Crippen molar-refractivity contribution in [3.63, 3.8) is 0 Å². The summed E-state index contributed by atoms with van der Waals surface area (Å²) in [5, 5.41) is 16.9. The Kier molecular flexibility index (Phi) is 8.36. The second-order valence-electron chi connectivity index (χ2n) is 4.29. The molecule has 6 nitrogen and oxygen atoms in total. The third-order valence-electron chi connectivity index (χ3n) is 2.73. The van der Waals surface area contributed by atoms with Gasteiger partial charge in [0.2, 0.25) is 6.29 Å². The Morgan fingerprint density at radius 1 is 1.16 bits per heavy atom. The van der Waals surface area contributed by atoms with Crippen molar-refractivity contribution in [1.29, 1.82) is 0 Å². The maximum absolute atomic E-state index is 8.69. The fourth-order valence-electron chi connectivity index (χ4n) is 1.79. The highest BCUT2D eigenvalue weighted by atomic mass is 16.7. The monoisotopic (exact) mass is 271 g/mol. The molecule has 19 heavy (non-hydrogen) atoms. The Bertz CT molecular complexity index is 325. The molecule has 0 saturated heterocycles. The first-order chi connectivity index (χ1) is 9.31. The quantitative estimate of drug-likeness (QED) is 0.492. The highest BCUT2D eigenvalue weighted by molar-refractivity contribution is 4.94. The number of aromatic nitrogens is 3. The van der Waals surface area contributed by atoms with Gasteiger partial charge in [-0.3, -0.25) is 4.68 Å². The van der Waals surface area contributed by atoms with Crippen molar-refractivity contribution in [3.05, 3.63) is 11.9 Å². The minimum Gasteiger partial charge on any atom is -0.396 e. The summed E-state index contributed by atoms with van der Waals surface area (Å²) in [5.41, 5.74) is 0.721. The number of nitrogens with zero attached hydrogens (tertiary/aromatic N) is 3. The lowest BCUT2D eigenvalue weighted by atomic mass is 10.2. The molecule has 0 spiro atoms. The highest BCUT2D eigenvalue weighted by Crippen LogP contribution is 2.16. The third-order valence-corrected chi connectivity index (χ3v) is 2.73. The summed E-state index contributed by atoms with van der Waals surface area (Å²) < 4.78 is 12.8. The number of rotatable bonds is 11. The molecule has 0 aromatic carbocycles. The first-order valence-corrected chi connectivity index (χ1v) is 7.05. The van der Waals surface area contributed by atoms with E-state index in [1.807, 2.05) is 24.7 Å². The van der Waals surface area contributed by atoms with Gasteiger partial charge in [-0.1, -0.05) is 18.1 Å². The Balaban J connectivity index is 2.37. The fourth-order valence-corrected chi connectivity index (χ4v) is 1.79. The van der Waals surface area contributed by atoms with Crippen LogP contribution in [-0.4, -0.2) is 39.9 Å². The molecule has 0 atom stereocenters. The molecule has 0 fully saturated rings. The van der Waals surface area contributed by atoms with Crippen molar-refractivity contribution in [1.82, 2.24) is 15.0 Å². The molecule has 110 valence electrons. The summed E-state index contributed by atoms with van der Waals surface area (Å²) in [6.45, 7) is 6.13. The van der Waals surface area contributed by atoms with Gasteiger partial charge in [0.15, 0.2) is 0 Å². The molecule has 1 aromatic heterocycles. The number of hydrogen-bond donors (Lipinski definition) is 1. The SMILES string of the molecule is CCOC(OCC)c1cn(CCCCCCO)nn1. The van der Waals surface area contributed by atoms with E-state index in [2.05, 4.69) is 10.3 Å². The zero-order valence-electron chi connectivity index (χ0n) is 11.9. The zero-order chi connectivity index (χ0) is 13.9. The van der Waals surface area contributed by atoms with Crippen LogP contribution in [0.25, 0.3) is 0 Å². The van der Waals surface area contributed by atoms with E-state index in [0.717, 1.165) is 37.9 Å². The molecule has 0 amide bonds. The lowest BCUT2D eigenvalue weighted by Crippen LogP contribution is -2.09. The van der Waals surface area contributed by atoms with Gasteiger partial charge in [-0.15, -0.1) is 5.10 Å². The van der Waals surface area contributed by atoms with Crippen LogP contribution >= 0.6 is 0 Å². The Labute approximate surface area is 114 Å². The predicted octanol–water partition coefficient (Wildman–Crippen LogP) is 1.90. The van der Waals surface area contributed by atoms with Crippen molar-refractivity contribution in [2.45, 2.75) is 52.4 Å². The van der Waals surface area contributed by atoms with E-state index in [9.17, 15) is 0 Å². The molecular formula is C13H25N3O3. The lowest BCUT2D eigenvalue weighted by molar-refractivity contribution is -0.142. The van der Waals surface area contributed by atoms with Crippen molar-refractivity contribution < 1.29 is 14.6 Å². The molecule has 0 saturated carbocycles. The molecule has 0 aliphatic rings.